The van der Waals surface area contributed by atoms with E-state index >= 15 is 0 Å². The molecule has 1 heterocycles. The van der Waals surface area contributed by atoms with E-state index in [4.69, 9.17) is 16.3 Å². The summed E-state index contributed by atoms with van der Waals surface area (Å²) in [7, 11) is 0. The minimum atomic E-state index is -0.358. The summed E-state index contributed by atoms with van der Waals surface area (Å²) in [6.45, 7) is 4.40. The van der Waals surface area contributed by atoms with Crippen LogP contribution in [0.3, 0.4) is 0 Å². The van der Waals surface area contributed by atoms with Crippen LogP contribution >= 0.6 is 11.6 Å². The fourth-order valence-corrected chi connectivity index (χ4v) is 1.84. The lowest BCUT2D eigenvalue weighted by Crippen LogP contribution is -2.12. The summed E-state index contributed by atoms with van der Waals surface area (Å²) in [5.41, 5.74) is 1.28. The van der Waals surface area contributed by atoms with Crippen molar-refractivity contribution < 1.29 is 4.74 Å². The van der Waals surface area contributed by atoms with Gasteiger partial charge in [0, 0.05) is 22.7 Å². The number of aryl methyl sites for hydroxylation is 1. The molecule has 94 valence electrons. The highest BCUT2D eigenvalue weighted by Gasteiger charge is 2.06. The predicted molar refractivity (Wildman–Crippen MR) is 70.9 cm³/mol. The monoisotopic (exact) mass is 264 g/mol. The lowest BCUT2D eigenvalue weighted by Gasteiger charge is -1.97. The average molecular weight is 265 g/mol. The van der Waals surface area contributed by atoms with E-state index in [-0.39, 0.29) is 12.2 Å². The Balaban J connectivity index is 2.68. The number of fused-ring (bicyclic) bond motifs is 1. The summed E-state index contributed by atoms with van der Waals surface area (Å²) in [5.74, 6) is 0. The highest BCUT2D eigenvalue weighted by atomic mass is 35.5. The van der Waals surface area contributed by atoms with Crippen molar-refractivity contribution in [1.29, 1.82) is 0 Å². The average Bonchev–Trinajstić information content (AvgIpc) is 2.46. The minimum absolute atomic E-state index is 0.178. The van der Waals surface area contributed by atoms with E-state index in [9.17, 15) is 4.79 Å². The van der Waals surface area contributed by atoms with Crippen LogP contribution in [0, 0.1) is 6.92 Å². The molecule has 0 atom stereocenters. The first-order valence-corrected chi connectivity index (χ1v) is 6.04. The molecule has 1 aromatic heterocycles. The van der Waals surface area contributed by atoms with Gasteiger partial charge in [-0.15, -0.1) is 0 Å². The lowest BCUT2D eigenvalue weighted by atomic mass is 10.2. The van der Waals surface area contributed by atoms with E-state index in [1.807, 2.05) is 13.8 Å². The molecule has 0 aliphatic carbocycles. The van der Waals surface area contributed by atoms with Gasteiger partial charge in [0.1, 0.15) is 5.69 Å². The Morgan fingerprint density at radius 2 is 2.11 bits per heavy atom. The van der Waals surface area contributed by atoms with Gasteiger partial charge >= 0.3 is 0 Å². The van der Waals surface area contributed by atoms with Crippen LogP contribution in [-0.2, 0) is 11.3 Å². The first-order chi connectivity index (χ1) is 8.61. The maximum absolute atomic E-state index is 11.9. The van der Waals surface area contributed by atoms with Gasteiger partial charge in [0.05, 0.1) is 12.1 Å². The van der Waals surface area contributed by atoms with Crippen LogP contribution in [0.1, 0.15) is 18.3 Å². The standard InChI is InChI=1S/C13H13ClN2O2/c1-3-18-7-12-13(17)16-11-5-4-9(14)6-10(11)8(2)15-12/h4-6H,3,7H2,1-2H3. The van der Waals surface area contributed by atoms with Gasteiger partial charge in [-0.25, -0.2) is 9.97 Å². The van der Waals surface area contributed by atoms with Crippen LogP contribution in [0.15, 0.2) is 23.0 Å². The van der Waals surface area contributed by atoms with Crippen LogP contribution in [0.5, 0.6) is 0 Å². The van der Waals surface area contributed by atoms with E-state index in [1.165, 1.54) is 0 Å². The van der Waals surface area contributed by atoms with Crippen molar-refractivity contribution >= 4 is 22.5 Å². The molecule has 0 radical (unpaired) electrons. The molecule has 18 heavy (non-hydrogen) atoms. The highest BCUT2D eigenvalue weighted by Crippen LogP contribution is 2.18. The number of nitrogens with zero attached hydrogens (tertiary/aromatic N) is 2. The van der Waals surface area contributed by atoms with Crippen LogP contribution < -0.4 is 5.56 Å². The second kappa shape index (κ2) is 5.42. The Morgan fingerprint density at radius 3 is 2.83 bits per heavy atom. The summed E-state index contributed by atoms with van der Waals surface area (Å²) in [4.78, 5) is 20.2. The van der Waals surface area contributed by atoms with E-state index in [0.717, 1.165) is 11.1 Å². The lowest BCUT2D eigenvalue weighted by molar-refractivity contribution is 0.130. The molecule has 0 amide bonds. The Bertz CT molecular complexity index is 644. The van der Waals surface area contributed by atoms with Crippen molar-refractivity contribution in [2.24, 2.45) is 0 Å². The molecule has 0 bridgehead atoms. The third-order valence-corrected chi connectivity index (χ3v) is 2.80. The SMILES string of the molecule is CCOCc1nc(C)c2cc(Cl)ccc2nc1=O. The molecule has 0 unspecified atom stereocenters. The molecule has 2 aromatic rings. The first kappa shape index (κ1) is 12.9. The Hall–Kier alpha value is -1.52. The van der Waals surface area contributed by atoms with Gasteiger partial charge in [0.15, 0.2) is 0 Å². The number of ether oxygens (including phenoxy) is 1. The number of halogens is 1. The largest absolute Gasteiger partial charge is 0.375 e. The van der Waals surface area contributed by atoms with Crippen LogP contribution in [0.4, 0.5) is 0 Å². The minimum Gasteiger partial charge on any atom is -0.375 e. The molecule has 0 saturated carbocycles. The number of aromatic nitrogens is 2. The zero-order valence-electron chi connectivity index (χ0n) is 10.2. The fourth-order valence-electron chi connectivity index (χ4n) is 1.67. The first-order valence-electron chi connectivity index (χ1n) is 5.66. The van der Waals surface area contributed by atoms with Crippen molar-refractivity contribution in [2.75, 3.05) is 6.61 Å². The molecule has 0 N–H and O–H groups in total. The molecule has 0 spiro atoms. The molecule has 2 rings (SSSR count). The molecular weight excluding hydrogens is 252 g/mol. The van der Waals surface area contributed by atoms with Crippen LogP contribution in [0.2, 0.25) is 5.02 Å². The predicted octanol–water partition coefficient (Wildman–Crippen LogP) is 2.49. The molecule has 1 aromatic carbocycles. The number of hydrogen-bond donors (Lipinski definition) is 0. The maximum atomic E-state index is 11.9. The van der Waals surface area contributed by atoms with Gasteiger partial charge in [0.2, 0.25) is 0 Å². The molecular formula is C13H13ClN2O2. The summed E-state index contributed by atoms with van der Waals surface area (Å²) in [5, 5.41) is 1.38. The third kappa shape index (κ3) is 2.66. The second-order valence-corrected chi connectivity index (χ2v) is 4.30. The molecule has 0 aliphatic heterocycles. The van der Waals surface area contributed by atoms with E-state index in [1.54, 1.807) is 18.2 Å². The van der Waals surface area contributed by atoms with E-state index < -0.39 is 0 Å². The summed E-state index contributed by atoms with van der Waals surface area (Å²) < 4.78 is 5.22. The zero-order valence-corrected chi connectivity index (χ0v) is 11.0. The Labute approximate surface area is 110 Å². The van der Waals surface area contributed by atoms with Crippen LogP contribution in [-0.4, -0.2) is 16.6 Å². The summed E-state index contributed by atoms with van der Waals surface area (Å²) >= 11 is 5.94. The molecule has 4 nitrogen and oxygen atoms in total. The fraction of sp³-hybridized carbons (Fsp3) is 0.308. The topological polar surface area (TPSA) is 52.1 Å². The van der Waals surface area contributed by atoms with Crippen molar-refractivity contribution in [3.05, 3.63) is 45.0 Å². The van der Waals surface area contributed by atoms with E-state index in [0.29, 0.717) is 22.8 Å². The van der Waals surface area contributed by atoms with Crippen molar-refractivity contribution in [3.63, 3.8) is 0 Å². The molecule has 0 saturated heterocycles. The Kier molecular flexibility index (Phi) is 3.89. The van der Waals surface area contributed by atoms with Gasteiger partial charge in [-0.2, -0.15) is 0 Å². The van der Waals surface area contributed by atoms with Crippen LogP contribution in [0.25, 0.3) is 10.9 Å². The number of benzene rings is 1. The van der Waals surface area contributed by atoms with E-state index in [2.05, 4.69) is 9.97 Å². The quantitative estimate of drug-likeness (QED) is 0.855. The second-order valence-electron chi connectivity index (χ2n) is 3.86. The maximum Gasteiger partial charge on any atom is 0.294 e. The van der Waals surface area contributed by atoms with Crippen molar-refractivity contribution in [2.45, 2.75) is 20.5 Å². The van der Waals surface area contributed by atoms with Crippen molar-refractivity contribution in [1.82, 2.24) is 9.97 Å². The summed E-state index contributed by atoms with van der Waals surface area (Å²) in [6, 6.07) is 5.19. The summed E-state index contributed by atoms with van der Waals surface area (Å²) in [6.07, 6.45) is 0. The normalized spacial score (nSPS) is 10.8. The molecule has 0 fully saturated rings. The van der Waals surface area contributed by atoms with Gasteiger partial charge in [-0.1, -0.05) is 11.6 Å². The van der Waals surface area contributed by atoms with Gasteiger partial charge in [0.25, 0.3) is 5.56 Å². The van der Waals surface area contributed by atoms with Gasteiger partial charge in [-0.05, 0) is 32.0 Å². The van der Waals surface area contributed by atoms with Gasteiger partial charge in [-0.3, -0.25) is 4.79 Å². The number of hydrogen-bond acceptors (Lipinski definition) is 4. The number of rotatable bonds is 3. The zero-order chi connectivity index (χ0) is 13.1. The van der Waals surface area contributed by atoms with Gasteiger partial charge < -0.3 is 4.74 Å². The highest BCUT2D eigenvalue weighted by molar-refractivity contribution is 6.31. The molecule has 5 heteroatoms. The Morgan fingerprint density at radius 1 is 1.33 bits per heavy atom. The van der Waals surface area contributed by atoms with Crippen molar-refractivity contribution in [3.8, 4) is 0 Å². The molecule has 0 aliphatic rings. The smallest absolute Gasteiger partial charge is 0.294 e. The third-order valence-electron chi connectivity index (χ3n) is 2.56.